The molecule has 0 radical (unpaired) electrons. The molecule has 0 bridgehead atoms. The summed E-state index contributed by atoms with van der Waals surface area (Å²) < 4.78 is 0. The second-order valence-electron chi connectivity index (χ2n) is 9.44. The largest absolute Gasteiger partial charge is 0.378 e. The maximum Gasteiger partial charge on any atom is 0.251 e. The van der Waals surface area contributed by atoms with Gasteiger partial charge in [0, 0.05) is 43.8 Å². The van der Waals surface area contributed by atoms with Gasteiger partial charge in [0.25, 0.3) is 5.91 Å². The molecule has 2 N–H and O–H groups in total. The highest BCUT2D eigenvalue weighted by atomic mass is 16.1. The predicted molar refractivity (Wildman–Crippen MR) is 121 cm³/mol. The molecule has 1 heterocycles. The van der Waals surface area contributed by atoms with Crippen LogP contribution in [0.25, 0.3) is 0 Å². The van der Waals surface area contributed by atoms with E-state index in [1.54, 1.807) is 4.90 Å². The summed E-state index contributed by atoms with van der Waals surface area (Å²) in [6.07, 6.45) is 2.54. The summed E-state index contributed by atoms with van der Waals surface area (Å²) >= 11 is 0. The number of quaternary nitrogens is 1. The zero-order valence-corrected chi connectivity index (χ0v) is 18.6. The molecule has 1 atom stereocenters. The van der Waals surface area contributed by atoms with E-state index in [9.17, 15) is 4.79 Å². The van der Waals surface area contributed by atoms with E-state index in [0.717, 1.165) is 5.56 Å². The number of hydrogen-bond acceptors (Lipinski definition) is 2. The van der Waals surface area contributed by atoms with Gasteiger partial charge < -0.3 is 15.1 Å². The quantitative estimate of drug-likeness (QED) is 0.789. The SMILES string of the molecule is CN(C)c1ccc([C@@H](CNC(=O)c2ccc(C(C)(C)C)cc2)[NH+]2CCCC2)cc1. The number of anilines is 1. The van der Waals surface area contributed by atoms with Crippen LogP contribution in [0.5, 0.6) is 0 Å². The van der Waals surface area contributed by atoms with E-state index in [1.807, 2.05) is 12.1 Å². The molecule has 0 aliphatic carbocycles. The first-order chi connectivity index (χ1) is 13.8. The number of carbonyl (C=O) groups is 1. The van der Waals surface area contributed by atoms with Crippen LogP contribution in [0.15, 0.2) is 48.5 Å². The van der Waals surface area contributed by atoms with Gasteiger partial charge in [0.2, 0.25) is 0 Å². The van der Waals surface area contributed by atoms with Crippen LogP contribution in [0.3, 0.4) is 0 Å². The third-order valence-electron chi connectivity index (χ3n) is 6.03. The minimum atomic E-state index is 0.0129. The highest BCUT2D eigenvalue weighted by Gasteiger charge is 2.28. The van der Waals surface area contributed by atoms with Crippen molar-refractivity contribution in [2.75, 3.05) is 38.6 Å². The Morgan fingerprint density at radius 1 is 1.00 bits per heavy atom. The normalized spacial score (nSPS) is 15.9. The Hall–Kier alpha value is -2.33. The zero-order valence-electron chi connectivity index (χ0n) is 18.6. The lowest BCUT2D eigenvalue weighted by Crippen LogP contribution is -3.11. The first kappa shape index (κ1) is 21.4. The Kier molecular flexibility index (Phi) is 6.63. The Labute approximate surface area is 175 Å². The number of nitrogens with one attached hydrogen (secondary N) is 2. The van der Waals surface area contributed by atoms with E-state index < -0.39 is 0 Å². The van der Waals surface area contributed by atoms with Gasteiger partial charge in [0.15, 0.2) is 0 Å². The van der Waals surface area contributed by atoms with Gasteiger partial charge in [-0.15, -0.1) is 0 Å². The Morgan fingerprint density at radius 3 is 2.10 bits per heavy atom. The van der Waals surface area contributed by atoms with Crippen molar-refractivity contribution >= 4 is 11.6 Å². The number of hydrogen-bond donors (Lipinski definition) is 2. The lowest BCUT2D eigenvalue weighted by Gasteiger charge is -2.26. The number of benzene rings is 2. The summed E-state index contributed by atoms with van der Waals surface area (Å²) in [5.41, 5.74) is 4.58. The predicted octanol–water partition coefficient (Wildman–Crippen LogP) is 3.20. The van der Waals surface area contributed by atoms with Gasteiger partial charge in [-0.25, -0.2) is 0 Å². The van der Waals surface area contributed by atoms with Gasteiger partial charge in [-0.2, -0.15) is 0 Å². The third-order valence-corrected chi connectivity index (χ3v) is 6.03. The fourth-order valence-electron chi connectivity index (χ4n) is 4.10. The molecule has 1 fully saturated rings. The number of likely N-dealkylation sites (tertiary alicyclic amines) is 1. The molecular formula is C25H36N3O+. The molecule has 156 valence electrons. The maximum absolute atomic E-state index is 12.8. The molecule has 1 saturated heterocycles. The first-order valence-corrected chi connectivity index (χ1v) is 10.8. The molecule has 4 nitrogen and oxygen atoms in total. The minimum absolute atomic E-state index is 0.0129. The zero-order chi connectivity index (χ0) is 21.0. The molecule has 0 spiro atoms. The molecule has 1 aliphatic heterocycles. The maximum atomic E-state index is 12.8. The second kappa shape index (κ2) is 9.00. The van der Waals surface area contributed by atoms with E-state index in [4.69, 9.17) is 0 Å². The van der Waals surface area contributed by atoms with E-state index in [2.05, 4.69) is 81.5 Å². The summed E-state index contributed by atoms with van der Waals surface area (Å²) in [4.78, 5) is 16.5. The van der Waals surface area contributed by atoms with E-state index in [-0.39, 0.29) is 11.3 Å². The molecule has 1 aliphatic rings. The minimum Gasteiger partial charge on any atom is -0.378 e. The summed E-state index contributed by atoms with van der Waals surface area (Å²) in [6, 6.07) is 17.1. The van der Waals surface area contributed by atoms with Gasteiger partial charge in [-0.1, -0.05) is 45.0 Å². The van der Waals surface area contributed by atoms with Crippen LogP contribution >= 0.6 is 0 Å². The number of amides is 1. The molecule has 2 aromatic carbocycles. The molecular weight excluding hydrogens is 358 g/mol. The fraction of sp³-hybridized carbons (Fsp3) is 0.480. The van der Waals surface area contributed by atoms with E-state index in [0.29, 0.717) is 12.6 Å². The van der Waals surface area contributed by atoms with Gasteiger partial charge in [-0.05, 0) is 35.2 Å². The molecule has 0 aromatic heterocycles. The summed E-state index contributed by atoms with van der Waals surface area (Å²) in [5, 5.41) is 3.20. The van der Waals surface area contributed by atoms with E-state index >= 15 is 0 Å². The molecule has 2 aromatic rings. The topological polar surface area (TPSA) is 36.8 Å². The molecule has 3 rings (SSSR count). The van der Waals surface area contributed by atoms with Gasteiger partial charge in [0.1, 0.15) is 6.04 Å². The van der Waals surface area contributed by atoms with Crippen LogP contribution < -0.4 is 15.1 Å². The molecule has 29 heavy (non-hydrogen) atoms. The van der Waals surface area contributed by atoms with Crippen molar-refractivity contribution in [2.45, 2.75) is 45.1 Å². The molecule has 4 heteroatoms. The first-order valence-electron chi connectivity index (χ1n) is 10.8. The lowest BCUT2D eigenvalue weighted by molar-refractivity contribution is -0.918. The van der Waals surface area contributed by atoms with Crippen LogP contribution in [0.1, 0.15) is 61.1 Å². The van der Waals surface area contributed by atoms with E-state index in [1.165, 1.54) is 42.7 Å². The monoisotopic (exact) mass is 394 g/mol. The molecule has 1 amide bonds. The van der Waals surface area contributed by atoms with Gasteiger partial charge >= 0.3 is 0 Å². The summed E-state index contributed by atoms with van der Waals surface area (Å²) in [5.74, 6) is 0.0129. The van der Waals surface area contributed by atoms with Crippen molar-refractivity contribution in [1.29, 1.82) is 0 Å². The van der Waals surface area contributed by atoms with Crippen LogP contribution in [-0.4, -0.2) is 39.6 Å². The van der Waals surface area contributed by atoms with Crippen LogP contribution in [0.2, 0.25) is 0 Å². The number of nitrogens with zero attached hydrogens (tertiary/aromatic N) is 1. The van der Waals surface area contributed by atoms with Crippen molar-refractivity contribution < 1.29 is 9.69 Å². The second-order valence-corrected chi connectivity index (χ2v) is 9.44. The summed E-state index contributed by atoms with van der Waals surface area (Å²) in [6.45, 7) is 9.58. The Bertz CT molecular complexity index is 797. The van der Waals surface area contributed by atoms with Crippen molar-refractivity contribution in [3.05, 3.63) is 65.2 Å². The van der Waals surface area contributed by atoms with Crippen molar-refractivity contribution in [2.24, 2.45) is 0 Å². The van der Waals surface area contributed by atoms with Gasteiger partial charge in [0.05, 0.1) is 19.6 Å². The Morgan fingerprint density at radius 2 is 1.59 bits per heavy atom. The average molecular weight is 395 g/mol. The van der Waals surface area contributed by atoms with Crippen LogP contribution in [0.4, 0.5) is 5.69 Å². The van der Waals surface area contributed by atoms with Crippen LogP contribution in [-0.2, 0) is 5.41 Å². The highest BCUT2D eigenvalue weighted by molar-refractivity contribution is 5.94. The van der Waals surface area contributed by atoms with Crippen molar-refractivity contribution in [3.63, 3.8) is 0 Å². The average Bonchev–Trinajstić information content (AvgIpc) is 3.22. The molecule has 0 saturated carbocycles. The summed E-state index contributed by atoms with van der Waals surface area (Å²) in [7, 11) is 4.12. The van der Waals surface area contributed by atoms with Crippen LogP contribution in [0, 0.1) is 0 Å². The fourth-order valence-corrected chi connectivity index (χ4v) is 4.10. The lowest BCUT2D eigenvalue weighted by atomic mass is 9.87. The standard InChI is InChI=1S/C25H35N3O/c1-25(2,3)21-12-8-20(9-13-21)24(29)26-18-23(28-16-6-7-17-28)19-10-14-22(15-11-19)27(4)5/h8-15,23H,6-7,16-18H2,1-5H3,(H,26,29)/p+1/t23-/m1/s1. The number of carbonyl (C=O) groups excluding carboxylic acids is 1. The number of rotatable bonds is 6. The van der Waals surface area contributed by atoms with Crippen molar-refractivity contribution in [3.8, 4) is 0 Å². The highest BCUT2D eigenvalue weighted by Crippen LogP contribution is 2.22. The third kappa shape index (κ3) is 5.39. The molecule has 0 unspecified atom stereocenters. The van der Waals surface area contributed by atoms with Gasteiger partial charge in [-0.3, -0.25) is 4.79 Å². The Balaban J connectivity index is 1.70. The smallest absolute Gasteiger partial charge is 0.251 e. The van der Waals surface area contributed by atoms with Crippen molar-refractivity contribution in [1.82, 2.24) is 5.32 Å².